The second kappa shape index (κ2) is 13.6. The van der Waals surface area contributed by atoms with Crippen LogP contribution in [0.15, 0.2) is 4.99 Å². The van der Waals surface area contributed by atoms with E-state index in [2.05, 4.69) is 15.0 Å². The van der Waals surface area contributed by atoms with Gasteiger partial charge in [0, 0.05) is 39.8 Å². The second-order valence-corrected chi connectivity index (χ2v) is 7.01. The highest BCUT2D eigenvalue weighted by Gasteiger charge is 2.14. The summed E-state index contributed by atoms with van der Waals surface area (Å²) in [5.41, 5.74) is 0. The quantitative estimate of drug-likeness (QED) is 0.205. The van der Waals surface area contributed by atoms with Crippen molar-refractivity contribution in [3.63, 3.8) is 0 Å². The Hall–Kier alpha value is -0.620. The minimum absolute atomic E-state index is 0. The maximum Gasteiger partial charge on any atom is 0.242 e. The molecule has 0 aromatic rings. The van der Waals surface area contributed by atoms with Crippen LogP contribution in [0.4, 0.5) is 0 Å². The highest BCUT2D eigenvalue weighted by atomic mass is 127. The van der Waals surface area contributed by atoms with Crippen molar-refractivity contribution in [1.82, 2.24) is 19.8 Å². The van der Waals surface area contributed by atoms with Crippen molar-refractivity contribution in [3.05, 3.63) is 0 Å². The molecule has 0 aliphatic rings. The molecule has 0 spiro atoms. The first-order valence-corrected chi connectivity index (χ1v) is 9.86. The van der Waals surface area contributed by atoms with E-state index in [1.54, 1.807) is 9.80 Å². The SMILES string of the molecule is CCNC(=NCCCNS(C)(=O)=O)N(C)CC(=O)N(CC)CC.I. The molecule has 0 aromatic heterocycles. The van der Waals surface area contributed by atoms with Crippen LogP contribution in [-0.4, -0.2) is 82.7 Å². The third-order valence-electron chi connectivity index (χ3n) is 3.15. The lowest BCUT2D eigenvalue weighted by molar-refractivity contribution is -0.131. The normalized spacial score (nSPS) is 11.6. The maximum atomic E-state index is 12.1. The number of carbonyl (C=O) groups excluding carboxylic acids is 1. The molecule has 1 amide bonds. The molecule has 0 saturated carbocycles. The Morgan fingerprint density at radius 3 is 2.21 bits per heavy atom. The van der Waals surface area contributed by atoms with E-state index in [1.165, 1.54) is 0 Å². The van der Waals surface area contributed by atoms with Crippen molar-refractivity contribution in [2.24, 2.45) is 4.99 Å². The van der Waals surface area contributed by atoms with Crippen LogP contribution in [-0.2, 0) is 14.8 Å². The summed E-state index contributed by atoms with van der Waals surface area (Å²) in [6.07, 6.45) is 1.73. The zero-order chi connectivity index (χ0) is 17.9. The number of guanidine groups is 1. The summed E-state index contributed by atoms with van der Waals surface area (Å²) < 4.78 is 24.4. The lowest BCUT2D eigenvalue weighted by atomic mass is 10.4. The van der Waals surface area contributed by atoms with Crippen molar-refractivity contribution < 1.29 is 13.2 Å². The van der Waals surface area contributed by atoms with Crippen LogP contribution >= 0.6 is 24.0 Å². The minimum atomic E-state index is -3.16. The number of hydrogen-bond donors (Lipinski definition) is 2. The molecule has 0 aromatic carbocycles. The van der Waals surface area contributed by atoms with E-state index in [9.17, 15) is 13.2 Å². The van der Waals surface area contributed by atoms with Gasteiger partial charge in [0.1, 0.15) is 0 Å². The molecule has 0 saturated heterocycles. The molecule has 0 bridgehead atoms. The average molecular weight is 477 g/mol. The van der Waals surface area contributed by atoms with Gasteiger partial charge in [-0.05, 0) is 27.2 Å². The second-order valence-electron chi connectivity index (χ2n) is 5.18. The number of likely N-dealkylation sites (N-methyl/N-ethyl adjacent to an activating group) is 2. The Morgan fingerprint density at radius 2 is 1.75 bits per heavy atom. The molecule has 0 rings (SSSR count). The van der Waals surface area contributed by atoms with Gasteiger partial charge in [-0.1, -0.05) is 0 Å². The van der Waals surface area contributed by atoms with Gasteiger partial charge in [-0.2, -0.15) is 0 Å². The van der Waals surface area contributed by atoms with Crippen LogP contribution in [0.5, 0.6) is 0 Å². The highest BCUT2D eigenvalue weighted by molar-refractivity contribution is 14.0. The van der Waals surface area contributed by atoms with Crippen molar-refractivity contribution in [3.8, 4) is 0 Å². The topological polar surface area (TPSA) is 94.1 Å². The van der Waals surface area contributed by atoms with Crippen molar-refractivity contribution in [1.29, 1.82) is 0 Å². The van der Waals surface area contributed by atoms with Crippen LogP contribution in [0.2, 0.25) is 0 Å². The fourth-order valence-corrected chi connectivity index (χ4v) is 2.46. The van der Waals surface area contributed by atoms with Crippen LogP contribution in [0, 0.1) is 0 Å². The molecule has 10 heteroatoms. The number of hydrogen-bond acceptors (Lipinski definition) is 4. The molecular formula is C14H32IN5O3S. The lowest BCUT2D eigenvalue weighted by Crippen LogP contribution is -2.45. The number of sulfonamides is 1. The Kier molecular flexibility index (Phi) is 14.6. The average Bonchev–Trinajstić information content (AvgIpc) is 2.45. The summed E-state index contributed by atoms with van der Waals surface area (Å²) in [6, 6.07) is 0. The number of amides is 1. The van der Waals surface area contributed by atoms with Gasteiger partial charge in [0.15, 0.2) is 5.96 Å². The molecule has 2 N–H and O–H groups in total. The number of nitrogens with one attached hydrogen (secondary N) is 2. The third kappa shape index (κ3) is 11.8. The van der Waals surface area contributed by atoms with E-state index < -0.39 is 10.0 Å². The molecule has 0 aliphatic heterocycles. The fraction of sp³-hybridized carbons (Fsp3) is 0.857. The lowest BCUT2D eigenvalue weighted by Gasteiger charge is -2.25. The van der Waals surface area contributed by atoms with Gasteiger partial charge in [-0.25, -0.2) is 13.1 Å². The van der Waals surface area contributed by atoms with Crippen LogP contribution in [0.1, 0.15) is 27.2 Å². The van der Waals surface area contributed by atoms with Gasteiger partial charge in [0.2, 0.25) is 15.9 Å². The van der Waals surface area contributed by atoms with Gasteiger partial charge < -0.3 is 15.1 Å². The van der Waals surface area contributed by atoms with Crippen molar-refractivity contribution >= 4 is 45.9 Å². The minimum Gasteiger partial charge on any atom is -0.357 e. The Balaban J connectivity index is 0. The van der Waals surface area contributed by atoms with E-state index in [0.29, 0.717) is 45.1 Å². The van der Waals surface area contributed by atoms with Crippen LogP contribution in [0.3, 0.4) is 0 Å². The first-order valence-electron chi connectivity index (χ1n) is 7.96. The zero-order valence-electron chi connectivity index (χ0n) is 15.3. The van der Waals surface area contributed by atoms with E-state index >= 15 is 0 Å². The van der Waals surface area contributed by atoms with Gasteiger partial charge in [-0.3, -0.25) is 9.79 Å². The summed E-state index contributed by atoms with van der Waals surface area (Å²) >= 11 is 0. The molecule has 144 valence electrons. The van der Waals surface area contributed by atoms with Gasteiger partial charge in [0.05, 0.1) is 12.8 Å². The predicted octanol–water partition coefficient (Wildman–Crippen LogP) is 0.309. The van der Waals surface area contributed by atoms with Gasteiger partial charge in [-0.15, -0.1) is 24.0 Å². The molecular weight excluding hydrogens is 445 g/mol. The largest absolute Gasteiger partial charge is 0.357 e. The Morgan fingerprint density at radius 1 is 1.17 bits per heavy atom. The predicted molar refractivity (Wildman–Crippen MR) is 109 cm³/mol. The summed E-state index contributed by atoms with van der Waals surface area (Å²) in [6.45, 7) is 9.03. The van der Waals surface area contributed by atoms with E-state index in [1.807, 2.05) is 27.8 Å². The number of nitrogens with zero attached hydrogens (tertiary/aromatic N) is 3. The Bertz CT molecular complexity index is 481. The third-order valence-corrected chi connectivity index (χ3v) is 3.87. The molecule has 0 unspecified atom stereocenters. The van der Waals surface area contributed by atoms with Gasteiger partial charge in [0.25, 0.3) is 0 Å². The number of carbonyl (C=O) groups is 1. The number of rotatable bonds is 10. The number of aliphatic imine (C=N–C) groups is 1. The monoisotopic (exact) mass is 477 g/mol. The molecule has 8 nitrogen and oxygen atoms in total. The van der Waals surface area contributed by atoms with Gasteiger partial charge >= 0.3 is 0 Å². The number of halogens is 1. The first kappa shape index (κ1) is 25.6. The molecule has 0 aliphatic carbocycles. The summed E-state index contributed by atoms with van der Waals surface area (Å²) in [4.78, 5) is 20.1. The standard InChI is InChI=1S/C14H31N5O3S.HI/c1-6-15-14(16-10-9-11-17-23(5,21)22)18(4)12-13(20)19(7-2)8-3;/h17H,6-12H2,1-5H3,(H,15,16);1H. The highest BCUT2D eigenvalue weighted by Crippen LogP contribution is 1.94. The molecule has 24 heavy (non-hydrogen) atoms. The molecule has 0 heterocycles. The van der Waals surface area contributed by atoms with E-state index in [-0.39, 0.29) is 36.4 Å². The fourth-order valence-electron chi connectivity index (χ4n) is 1.95. The van der Waals surface area contributed by atoms with Crippen LogP contribution in [0.25, 0.3) is 0 Å². The maximum absolute atomic E-state index is 12.1. The molecule has 0 atom stereocenters. The summed E-state index contributed by atoms with van der Waals surface area (Å²) in [5.74, 6) is 0.703. The smallest absolute Gasteiger partial charge is 0.242 e. The first-order chi connectivity index (χ1) is 10.7. The molecule has 0 radical (unpaired) electrons. The zero-order valence-corrected chi connectivity index (χ0v) is 18.5. The summed E-state index contributed by atoms with van der Waals surface area (Å²) in [7, 11) is -1.34. The van der Waals surface area contributed by atoms with E-state index in [4.69, 9.17) is 0 Å². The Labute approximate surface area is 163 Å². The molecule has 0 fully saturated rings. The van der Waals surface area contributed by atoms with Crippen LogP contribution < -0.4 is 10.0 Å². The van der Waals surface area contributed by atoms with Crippen molar-refractivity contribution in [2.75, 3.05) is 52.6 Å². The van der Waals surface area contributed by atoms with E-state index in [0.717, 1.165) is 6.26 Å². The van der Waals surface area contributed by atoms with Crippen molar-refractivity contribution in [2.45, 2.75) is 27.2 Å². The summed E-state index contributed by atoms with van der Waals surface area (Å²) in [5, 5.41) is 3.14.